The molecule has 0 saturated carbocycles. The van der Waals surface area contributed by atoms with Crippen molar-refractivity contribution in [2.75, 3.05) is 0 Å². The molecule has 0 N–H and O–H groups in total. The average molecular weight is 181 g/mol. The molecule has 1 aliphatic heterocycles. The fraction of sp³-hybridized carbons (Fsp3) is 0.750. The molecule has 0 aromatic rings. The van der Waals surface area contributed by atoms with Gasteiger partial charge in [0.15, 0.2) is 0 Å². The molecule has 0 spiro atoms. The van der Waals surface area contributed by atoms with Crippen molar-refractivity contribution < 1.29 is 4.74 Å². The highest BCUT2D eigenvalue weighted by Gasteiger charge is 2.30. The summed E-state index contributed by atoms with van der Waals surface area (Å²) in [6.07, 6.45) is 7.41. The van der Waals surface area contributed by atoms with Gasteiger partial charge in [0.2, 0.25) is 0 Å². The summed E-state index contributed by atoms with van der Waals surface area (Å²) in [4.78, 5) is 0. The van der Waals surface area contributed by atoms with Gasteiger partial charge in [-0.05, 0) is 13.3 Å². The molecule has 1 saturated heterocycles. The van der Waals surface area contributed by atoms with Crippen LogP contribution in [0.5, 0.6) is 0 Å². The van der Waals surface area contributed by atoms with Gasteiger partial charge in [-0.3, -0.25) is 0 Å². The topological polar surface area (TPSA) is 9.23 Å². The predicted octanol–water partition coefficient (Wildman–Crippen LogP) is 3.22. The van der Waals surface area contributed by atoms with Crippen LogP contribution in [0.3, 0.4) is 0 Å². The van der Waals surface area contributed by atoms with E-state index in [1.165, 1.54) is 6.42 Å². The summed E-state index contributed by atoms with van der Waals surface area (Å²) >= 11 is 0. The summed E-state index contributed by atoms with van der Waals surface area (Å²) in [6, 6.07) is 0. The first-order chi connectivity index (χ1) is 6.22. The third-order valence-electron chi connectivity index (χ3n) is 3.18. The van der Waals surface area contributed by atoms with Gasteiger partial charge < -0.3 is 11.2 Å². The van der Waals surface area contributed by atoms with Crippen LogP contribution in [0.25, 0.3) is 0 Å². The van der Waals surface area contributed by atoms with Gasteiger partial charge in [-0.1, -0.05) is 19.4 Å². The number of hydrogen-bond donors (Lipinski definition) is 0. The van der Waals surface area contributed by atoms with E-state index in [1.807, 2.05) is 6.08 Å². The highest BCUT2D eigenvalue weighted by atomic mass is 16.5. The largest absolute Gasteiger partial charge is 0.377 e. The van der Waals surface area contributed by atoms with Crippen LogP contribution in [0, 0.1) is 18.3 Å². The van der Waals surface area contributed by atoms with E-state index in [2.05, 4.69) is 33.8 Å². The molecular formula is C12H21O-. The maximum atomic E-state index is 5.91. The molecule has 0 radical (unpaired) electrons. The zero-order chi connectivity index (χ0) is 9.84. The molecule has 1 aliphatic rings. The molecule has 76 valence electrons. The minimum atomic E-state index is 0.358. The highest BCUT2D eigenvalue weighted by molar-refractivity contribution is 4.94. The average Bonchev–Trinajstić information content (AvgIpc) is 2.49. The molecule has 0 amide bonds. The van der Waals surface area contributed by atoms with Crippen LogP contribution >= 0.6 is 0 Å². The first-order valence-electron chi connectivity index (χ1n) is 5.30. The molecule has 4 unspecified atom stereocenters. The Morgan fingerprint density at radius 3 is 2.77 bits per heavy atom. The molecule has 1 rings (SSSR count). The lowest BCUT2D eigenvalue weighted by atomic mass is 9.91. The molecule has 0 aromatic heterocycles. The number of ether oxygens (including phenoxy) is 1. The maximum Gasteiger partial charge on any atom is 0.0612 e. The Bertz CT molecular complexity index is 161. The predicted molar refractivity (Wildman–Crippen MR) is 56.4 cm³/mol. The van der Waals surface area contributed by atoms with Gasteiger partial charge in [0.25, 0.3) is 0 Å². The Morgan fingerprint density at radius 2 is 2.38 bits per heavy atom. The fourth-order valence-electron chi connectivity index (χ4n) is 2.17. The lowest BCUT2D eigenvalue weighted by Gasteiger charge is -2.28. The van der Waals surface area contributed by atoms with Crippen LogP contribution in [0.2, 0.25) is 0 Å². The minimum Gasteiger partial charge on any atom is -0.377 e. The van der Waals surface area contributed by atoms with Crippen molar-refractivity contribution in [3.63, 3.8) is 0 Å². The second-order valence-corrected chi connectivity index (χ2v) is 3.92. The van der Waals surface area contributed by atoms with Crippen LogP contribution in [0.15, 0.2) is 12.7 Å². The SMILES string of the molecule is C=CC1CC(C([CH-]C)CC)OC1C. The summed E-state index contributed by atoms with van der Waals surface area (Å²) < 4.78 is 5.91. The Labute approximate surface area is 82.2 Å². The van der Waals surface area contributed by atoms with Crippen LogP contribution < -0.4 is 0 Å². The number of rotatable bonds is 4. The Hall–Kier alpha value is -0.300. The summed E-state index contributed by atoms with van der Waals surface area (Å²) in [5.41, 5.74) is 0. The van der Waals surface area contributed by atoms with Crippen LogP contribution in [0.1, 0.15) is 33.6 Å². The molecule has 0 aromatic carbocycles. The van der Waals surface area contributed by atoms with E-state index in [1.54, 1.807) is 0 Å². The first kappa shape index (κ1) is 10.8. The molecule has 0 aliphatic carbocycles. The van der Waals surface area contributed by atoms with Crippen molar-refractivity contribution in [2.24, 2.45) is 11.8 Å². The molecule has 1 nitrogen and oxygen atoms in total. The van der Waals surface area contributed by atoms with Gasteiger partial charge in [-0.2, -0.15) is 6.92 Å². The standard InChI is InChI=1S/C12H21O/c1-5-10(6-2)12-8-11(7-3)9(4)13-12/h5,7,9-12H,3,6,8H2,1-2,4H3/q-1. The van der Waals surface area contributed by atoms with Gasteiger partial charge in [-0.15, -0.1) is 12.5 Å². The summed E-state index contributed by atoms with van der Waals surface area (Å²) in [6.45, 7) is 10.3. The van der Waals surface area contributed by atoms with E-state index in [9.17, 15) is 0 Å². The normalized spacial score (nSPS) is 36.1. The zero-order valence-electron chi connectivity index (χ0n) is 8.99. The van der Waals surface area contributed by atoms with Crippen molar-refractivity contribution in [2.45, 2.75) is 45.8 Å². The molecule has 4 atom stereocenters. The minimum absolute atomic E-state index is 0.358. The summed E-state index contributed by atoms with van der Waals surface area (Å²) in [5, 5.41) is 0. The van der Waals surface area contributed by atoms with Crippen molar-refractivity contribution in [1.82, 2.24) is 0 Å². The van der Waals surface area contributed by atoms with Gasteiger partial charge in [-0.25, -0.2) is 0 Å². The van der Waals surface area contributed by atoms with E-state index >= 15 is 0 Å². The second kappa shape index (κ2) is 4.80. The second-order valence-electron chi connectivity index (χ2n) is 3.92. The van der Waals surface area contributed by atoms with E-state index in [-0.39, 0.29) is 0 Å². The lowest BCUT2D eigenvalue weighted by molar-refractivity contribution is 0.0227. The molecule has 1 fully saturated rings. The monoisotopic (exact) mass is 181 g/mol. The van der Waals surface area contributed by atoms with Crippen LogP contribution in [-0.4, -0.2) is 12.2 Å². The Balaban J connectivity index is 2.51. The third-order valence-corrected chi connectivity index (χ3v) is 3.18. The van der Waals surface area contributed by atoms with Crippen molar-refractivity contribution >= 4 is 0 Å². The fourth-order valence-corrected chi connectivity index (χ4v) is 2.17. The van der Waals surface area contributed by atoms with Gasteiger partial charge in [0, 0.05) is 12.0 Å². The smallest absolute Gasteiger partial charge is 0.0612 e. The van der Waals surface area contributed by atoms with Gasteiger partial charge in [0.1, 0.15) is 0 Å². The third kappa shape index (κ3) is 2.34. The van der Waals surface area contributed by atoms with Crippen LogP contribution in [-0.2, 0) is 4.74 Å². The van der Waals surface area contributed by atoms with Crippen LogP contribution in [0.4, 0.5) is 0 Å². The van der Waals surface area contributed by atoms with E-state index in [0.29, 0.717) is 24.0 Å². The van der Waals surface area contributed by atoms with E-state index in [0.717, 1.165) is 6.42 Å². The highest BCUT2D eigenvalue weighted by Crippen LogP contribution is 2.33. The van der Waals surface area contributed by atoms with Crippen molar-refractivity contribution in [1.29, 1.82) is 0 Å². The molecular weight excluding hydrogens is 160 g/mol. The van der Waals surface area contributed by atoms with E-state index < -0.39 is 0 Å². The quantitative estimate of drug-likeness (QED) is 0.478. The molecule has 1 heteroatoms. The maximum absolute atomic E-state index is 5.91. The zero-order valence-corrected chi connectivity index (χ0v) is 8.99. The molecule has 13 heavy (non-hydrogen) atoms. The first-order valence-corrected chi connectivity index (χ1v) is 5.30. The summed E-state index contributed by atoms with van der Waals surface area (Å²) in [5.74, 6) is 1.17. The Morgan fingerprint density at radius 1 is 1.69 bits per heavy atom. The molecule has 1 heterocycles. The summed E-state index contributed by atoms with van der Waals surface area (Å²) in [7, 11) is 0. The van der Waals surface area contributed by atoms with Crippen molar-refractivity contribution in [3.8, 4) is 0 Å². The number of hydrogen-bond acceptors (Lipinski definition) is 1. The van der Waals surface area contributed by atoms with Gasteiger partial charge in [0.05, 0.1) is 6.10 Å². The van der Waals surface area contributed by atoms with Crippen molar-refractivity contribution in [3.05, 3.63) is 19.1 Å². The molecule has 0 bridgehead atoms. The Kier molecular flexibility index (Phi) is 3.98. The lowest BCUT2D eigenvalue weighted by Crippen LogP contribution is -2.19. The van der Waals surface area contributed by atoms with E-state index in [4.69, 9.17) is 4.74 Å². The van der Waals surface area contributed by atoms with Gasteiger partial charge >= 0.3 is 0 Å².